The van der Waals surface area contributed by atoms with Crippen molar-refractivity contribution in [3.05, 3.63) is 39.5 Å². The molecule has 2 rings (SSSR count). The fourth-order valence-electron chi connectivity index (χ4n) is 1.39. The summed E-state index contributed by atoms with van der Waals surface area (Å²) in [5.41, 5.74) is 4.00. The van der Waals surface area contributed by atoms with E-state index in [-0.39, 0.29) is 21.5 Å². The molecule has 1 aliphatic heterocycles. The number of halogens is 1. The number of hydrogen-bond donors (Lipinski definition) is 0. The summed E-state index contributed by atoms with van der Waals surface area (Å²) in [6.07, 6.45) is 2.00. The van der Waals surface area contributed by atoms with Gasteiger partial charge in [0, 0.05) is 0 Å². The molecule has 2 heteroatoms. The van der Waals surface area contributed by atoms with Gasteiger partial charge < -0.3 is 0 Å². The zero-order valence-electron chi connectivity index (χ0n) is 8.37. The number of allylic oxidation sites excluding steroid dienone is 1. The van der Waals surface area contributed by atoms with E-state index in [4.69, 9.17) is 0 Å². The Hall–Kier alpha value is -0.640. The van der Waals surface area contributed by atoms with E-state index in [1.807, 2.05) is 6.21 Å². The molecule has 0 amide bonds. The van der Waals surface area contributed by atoms with Crippen molar-refractivity contribution in [2.24, 2.45) is 3.21 Å². The predicted molar refractivity (Wildman–Crippen MR) is 57.0 cm³/mol. The molecule has 74 valence electrons. The molecule has 14 heavy (non-hydrogen) atoms. The van der Waals surface area contributed by atoms with Gasteiger partial charge in [0.25, 0.3) is 0 Å². The van der Waals surface area contributed by atoms with Crippen LogP contribution in [0.1, 0.15) is 30.9 Å². The monoisotopic (exact) mass is 298 g/mol. The van der Waals surface area contributed by atoms with Gasteiger partial charge in [-0.2, -0.15) is 0 Å². The summed E-state index contributed by atoms with van der Waals surface area (Å²) in [5.74, 6) is 0.614. The fraction of sp³-hybridized carbons (Fsp3) is 0.250. The summed E-state index contributed by atoms with van der Waals surface area (Å²) in [6, 6.07) is 8.82. The van der Waals surface area contributed by atoms with Crippen LogP contribution >= 0.6 is 0 Å². The van der Waals surface area contributed by atoms with E-state index in [1.54, 1.807) is 0 Å². The Morgan fingerprint density at radius 1 is 1.14 bits per heavy atom. The molecule has 0 aromatic heterocycles. The maximum absolute atomic E-state index is 4.29. The summed E-state index contributed by atoms with van der Waals surface area (Å²) in [5, 5.41) is 0. The van der Waals surface area contributed by atoms with Crippen molar-refractivity contribution in [2.45, 2.75) is 19.8 Å². The van der Waals surface area contributed by atoms with E-state index in [9.17, 15) is 0 Å². The first-order valence-corrected chi connectivity index (χ1v) is 6.95. The number of nitrogens with zero attached hydrogens (tertiary/aromatic N) is 1. The van der Waals surface area contributed by atoms with Gasteiger partial charge in [0.1, 0.15) is 0 Å². The van der Waals surface area contributed by atoms with Crippen molar-refractivity contribution in [3.8, 4) is 0 Å². The van der Waals surface area contributed by atoms with Crippen LogP contribution in [-0.4, -0.2) is 6.21 Å². The van der Waals surface area contributed by atoms with Gasteiger partial charge in [-0.05, 0) is 0 Å². The molecule has 0 spiro atoms. The van der Waals surface area contributed by atoms with Crippen LogP contribution in [-0.2, 0) is 0 Å². The van der Waals surface area contributed by atoms with Crippen molar-refractivity contribution >= 4 is 11.8 Å². The summed E-state index contributed by atoms with van der Waals surface area (Å²) in [6.45, 7) is 4.44. The molecule has 0 unspecified atom stereocenters. The molecule has 1 aromatic rings. The Morgan fingerprint density at radius 2 is 1.86 bits per heavy atom. The van der Waals surface area contributed by atoms with Crippen LogP contribution in [0, 0.1) is 0 Å². The van der Waals surface area contributed by atoms with Crippen LogP contribution in [0.15, 0.2) is 31.6 Å². The summed E-state index contributed by atoms with van der Waals surface area (Å²) >= 11 is -0.0371. The fourth-order valence-corrected chi connectivity index (χ4v) is 2.83. The van der Waals surface area contributed by atoms with E-state index >= 15 is 0 Å². The van der Waals surface area contributed by atoms with E-state index in [2.05, 4.69) is 45.4 Å². The Morgan fingerprint density at radius 3 is 2.36 bits per heavy atom. The molecule has 1 nitrogen and oxygen atoms in total. The van der Waals surface area contributed by atoms with Crippen LogP contribution in [0.3, 0.4) is 0 Å². The molecule has 1 aliphatic rings. The van der Waals surface area contributed by atoms with E-state index in [0.717, 1.165) is 0 Å². The maximum atomic E-state index is 4.29. The third kappa shape index (κ3) is 2.05. The Bertz CT molecular complexity index is 374. The van der Waals surface area contributed by atoms with Crippen molar-refractivity contribution in [2.75, 3.05) is 0 Å². The second-order valence-electron chi connectivity index (χ2n) is 3.67. The van der Waals surface area contributed by atoms with Gasteiger partial charge in [0.2, 0.25) is 0 Å². The van der Waals surface area contributed by atoms with Crippen molar-refractivity contribution in [1.29, 1.82) is 0 Å². The summed E-state index contributed by atoms with van der Waals surface area (Å²) < 4.78 is 6.56. The molecule has 0 radical (unpaired) electrons. The minimum atomic E-state index is -0.0371. The zero-order valence-corrected chi connectivity index (χ0v) is 10.5. The summed E-state index contributed by atoms with van der Waals surface area (Å²) in [7, 11) is 0. The molecule has 0 fully saturated rings. The minimum absolute atomic E-state index is 0.0371. The molecule has 0 aliphatic carbocycles. The van der Waals surface area contributed by atoms with Gasteiger partial charge in [-0.1, -0.05) is 0 Å². The van der Waals surface area contributed by atoms with Crippen LogP contribution in [0.2, 0.25) is 0 Å². The average Bonchev–Trinajstić information content (AvgIpc) is 2.71. The first-order chi connectivity index (χ1) is 6.77. The quantitative estimate of drug-likeness (QED) is 0.694. The standard InChI is InChI=1S/C12H13IN/c1-9(2)10-3-5-11(6-4-10)12-7-13-14-8-12/h3-9H,1-2H3/q-1. The van der Waals surface area contributed by atoms with Crippen LogP contribution in [0.4, 0.5) is 0 Å². The normalized spacial score (nSPS) is 15.5. The van der Waals surface area contributed by atoms with E-state index in [0.29, 0.717) is 5.92 Å². The molecular formula is C12H13IN-. The molecule has 0 bridgehead atoms. The zero-order chi connectivity index (χ0) is 9.97. The average molecular weight is 298 g/mol. The SMILES string of the molecule is CC(C)c1ccc(C2=C[I-]N=C2)cc1. The first-order valence-electron chi connectivity index (χ1n) is 4.74. The van der Waals surface area contributed by atoms with Gasteiger partial charge in [-0.15, -0.1) is 0 Å². The predicted octanol–water partition coefficient (Wildman–Crippen LogP) is 0.239. The third-order valence-electron chi connectivity index (χ3n) is 2.32. The Kier molecular flexibility index (Phi) is 3.01. The Labute approximate surface area is 95.6 Å². The van der Waals surface area contributed by atoms with Crippen molar-refractivity contribution in [3.63, 3.8) is 0 Å². The molecular weight excluding hydrogens is 285 g/mol. The third-order valence-corrected chi connectivity index (χ3v) is 3.87. The number of rotatable bonds is 2. The molecule has 0 atom stereocenters. The van der Waals surface area contributed by atoms with Gasteiger partial charge in [-0.3, -0.25) is 0 Å². The second kappa shape index (κ2) is 4.26. The topological polar surface area (TPSA) is 12.4 Å². The summed E-state index contributed by atoms with van der Waals surface area (Å²) in [4.78, 5) is 0. The molecule has 1 aromatic carbocycles. The van der Waals surface area contributed by atoms with E-state index < -0.39 is 0 Å². The molecule has 0 saturated carbocycles. The number of benzene rings is 1. The second-order valence-corrected chi connectivity index (χ2v) is 5.40. The van der Waals surface area contributed by atoms with Gasteiger partial charge in [0.05, 0.1) is 0 Å². The van der Waals surface area contributed by atoms with Crippen molar-refractivity contribution in [1.82, 2.24) is 0 Å². The van der Waals surface area contributed by atoms with Gasteiger partial charge in [0.15, 0.2) is 0 Å². The first kappa shape index (κ1) is 9.90. The molecule has 0 N–H and O–H groups in total. The van der Waals surface area contributed by atoms with Crippen LogP contribution in [0.25, 0.3) is 5.57 Å². The Balaban J connectivity index is 2.26. The molecule has 0 saturated heterocycles. The van der Waals surface area contributed by atoms with Crippen LogP contribution < -0.4 is 21.5 Å². The van der Waals surface area contributed by atoms with Gasteiger partial charge in [-0.25, -0.2) is 0 Å². The van der Waals surface area contributed by atoms with Crippen molar-refractivity contribution < 1.29 is 21.5 Å². The van der Waals surface area contributed by atoms with Gasteiger partial charge >= 0.3 is 95.7 Å². The van der Waals surface area contributed by atoms with Crippen LogP contribution in [0.5, 0.6) is 0 Å². The number of hydrogen-bond acceptors (Lipinski definition) is 1. The van der Waals surface area contributed by atoms with E-state index in [1.165, 1.54) is 16.7 Å². The molecule has 1 heterocycles.